The van der Waals surface area contributed by atoms with Crippen LogP contribution in [0.25, 0.3) is 11.0 Å². The Hall–Kier alpha value is -2.86. The van der Waals surface area contributed by atoms with E-state index < -0.39 is 6.04 Å². The standard InChI is InChI=1S/C21H22ClN3O3/c1-13(2)28-19(26)12-25-18-10-5-4-9-17(18)24-20(25)14(3)23-21(27)15-7-6-8-16(22)11-15/h4-11,13-14H,12H2,1-3H3,(H,23,27). The van der Waals surface area contributed by atoms with Gasteiger partial charge in [-0.1, -0.05) is 29.8 Å². The van der Waals surface area contributed by atoms with Crippen LogP contribution in [0.5, 0.6) is 0 Å². The van der Waals surface area contributed by atoms with E-state index in [1.165, 1.54) is 0 Å². The minimum atomic E-state index is -0.425. The van der Waals surface area contributed by atoms with Gasteiger partial charge in [0.15, 0.2) is 0 Å². The smallest absolute Gasteiger partial charge is 0.326 e. The molecule has 0 aliphatic carbocycles. The maximum absolute atomic E-state index is 12.6. The van der Waals surface area contributed by atoms with Crippen LogP contribution in [0.15, 0.2) is 48.5 Å². The largest absolute Gasteiger partial charge is 0.462 e. The number of amides is 1. The van der Waals surface area contributed by atoms with Crippen molar-refractivity contribution in [3.05, 3.63) is 64.9 Å². The SMILES string of the molecule is CC(C)OC(=O)Cn1c(C(C)NC(=O)c2cccc(Cl)c2)nc2ccccc21. The first-order chi connectivity index (χ1) is 13.3. The third kappa shape index (κ3) is 4.51. The number of ether oxygens (including phenoxy) is 1. The molecule has 1 atom stereocenters. The zero-order valence-corrected chi connectivity index (χ0v) is 16.7. The van der Waals surface area contributed by atoms with E-state index in [4.69, 9.17) is 16.3 Å². The summed E-state index contributed by atoms with van der Waals surface area (Å²) in [5.41, 5.74) is 2.02. The molecule has 3 aromatic rings. The molecule has 0 fully saturated rings. The Labute approximate surface area is 168 Å². The molecule has 3 rings (SSSR count). The molecule has 1 unspecified atom stereocenters. The van der Waals surface area contributed by atoms with Gasteiger partial charge in [-0.25, -0.2) is 4.98 Å². The van der Waals surface area contributed by atoms with Crippen molar-refractivity contribution in [2.45, 2.75) is 39.5 Å². The molecule has 0 saturated carbocycles. The van der Waals surface area contributed by atoms with Crippen molar-refractivity contribution in [3.63, 3.8) is 0 Å². The average Bonchev–Trinajstić information content (AvgIpc) is 2.99. The summed E-state index contributed by atoms with van der Waals surface area (Å²) in [5, 5.41) is 3.41. The zero-order chi connectivity index (χ0) is 20.3. The van der Waals surface area contributed by atoms with E-state index in [0.717, 1.165) is 11.0 Å². The lowest BCUT2D eigenvalue weighted by Crippen LogP contribution is -2.29. The predicted octanol–water partition coefficient (Wildman–Crippen LogP) is 4.13. The van der Waals surface area contributed by atoms with Gasteiger partial charge in [-0.15, -0.1) is 0 Å². The second kappa shape index (κ2) is 8.44. The summed E-state index contributed by atoms with van der Waals surface area (Å²) < 4.78 is 7.06. The Morgan fingerprint density at radius 1 is 1.14 bits per heavy atom. The molecule has 0 saturated heterocycles. The highest BCUT2D eigenvalue weighted by Gasteiger charge is 2.21. The highest BCUT2D eigenvalue weighted by molar-refractivity contribution is 6.30. The van der Waals surface area contributed by atoms with Gasteiger partial charge in [0.1, 0.15) is 12.4 Å². The molecule has 1 aromatic heterocycles. The summed E-state index contributed by atoms with van der Waals surface area (Å²) in [5.74, 6) is -0.0385. The first kappa shape index (κ1) is 19.9. The Kier molecular flexibility index (Phi) is 5.99. The quantitative estimate of drug-likeness (QED) is 0.632. The third-order valence-electron chi connectivity index (χ3n) is 4.16. The van der Waals surface area contributed by atoms with Crippen molar-refractivity contribution in [3.8, 4) is 0 Å². The summed E-state index contributed by atoms with van der Waals surface area (Å²) >= 11 is 5.97. The number of halogens is 1. The van der Waals surface area contributed by atoms with Gasteiger partial charge in [0.25, 0.3) is 5.91 Å². The van der Waals surface area contributed by atoms with Crippen molar-refractivity contribution in [2.75, 3.05) is 0 Å². The number of hydrogen-bond donors (Lipinski definition) is 1. The van der Waals surface area contributed by atoms with Crippen LogP contribution >= 0.6 is 11.6 Å². The maximum atomic E-state index is 12.6. The van der Waals surface area contributed by atoms with Gasteiger partial charge >= 0.3 is 5.97 Å². The van der Waals surface area contributed by atoms with Crippen LogP contribution in [0, 0.1) is 0 Å². The summed E-state index contributed by atoms with van der Waals surface area (Å²) in [6, 6.07) is 13.8. The first-order valence-electron chi connectivity index (χ1n) is 9.06. The summed E-state index contributed by atoms with van der Waals surface area (Å²) in [4.78, 5) is 29.4. The number of carbonyl (C=O) groups is 2. The van der Waals surface area contributed by atoms with E-state index in [0.29, 0.717) is 16.4 Å². The summed E-state index contributed by atoms with van der Waals surface area (Å²) in [6.45, 7) is 5.46. The molecule has 0 bridgehead atoms. The number of nitrogens with one attached hydrogen (secondary N) is 1. The molecule has 1 amide bonds. The van der Waals surface area contributed by atoms with Crippen LogP contribution in [-0.2, 0) is 16.1 Å². The Bertz CT molecular complexity index is 1010. The van der Waals surface area contributed by atoms with E-state index in [2.05, 4.69) is 10.3 Å². The fourth-order valence-electron chi connectivity index (χ4n) is 2.99. The van der Waals surface area contributed by atoms with Gasteiger partial charge in [0.05, 0.1) is 23.2 Å². The molecule has 1 heterocycles. The molecule has 2 aromatic carbocycles. The van der Waals surface area contributed by atoms with Crippen molar-refractivity contribution < 1.29 is 14.3 Å². The van der Waals surface area contributed by atoms with Crippen molar-refractivity contribution in [1.29, 1.82) is 0 Å². The van der Waals surface area contributed by atoms with E-state index in [1.807, 2.05) is 31.2 Å². The van der Waals surface area contributed by atoms with Crippen molar-refractivity contribution in [2.24, 2.45) is 0 Å². The van der Waals surface area contributed by atoms with Crippen LogP contribution in [0.3, 0.4) is 0 Å². The number of hydrogen-bond acceptors (Lipinski definition) is 4. The zero-order valence-electron chi connectivity index (χ0n) is 16.0. The molecule has 146 valence electrons. The second-order valence-electron chi connectivity index (χ2n) is 6.79. The molecule has 7 heteroatoms. The molecule has 1 N–H and O–H groups in total. The summed E-state index contributed by atoms with van der Waals surface area (Å²) in [6.07, 6.45) is -0.203. The highest BCUT2D eigenvalue weighted by Crippen LogP contribution is 2.22. The van der Waals surface area contributed by atoms with Gasteiger partial charge in [-0.3, -0.25) is 9.59 Å². The van der Waals surface area contributed by atoms with Crippen LogP contribution in [0.1, 0.15) is 43.0 Å². The number of nitrogens with zero attached hydrogens (tertiary/aromatic N) is 2. The molecule has 28 heavy (non-hydrogen) atoms. The molecule has 0 radical (unpaired) electrons. The predicted molar refractivity (Wildman–Crippen MR) is 108 cm³/mol. The van der Waals surface area contributed by atoms with Crippen molar-refractivity contribution >= 4 is 34.5 Å². The van der Waals surface area contributed by atoms with Gasteiger partial charge < -0.3 is 14.6 Å². The lowest BCUT2D eigenvalue weighted by Gasteiger charge is -2.17. The fourth-order valence-corrected chi connectivity index (χ4v) is 3.18. The van der Waals surface area contributed by atoms with E-state index >= 15 is 0 Å². The van der Waals surface area contributed by atoms with Gasteiger partial charge in [0, 0.05) is 10.6 Å². The lowest BCUT2D eigenvalue weighted by molar-refractivity contribution is -0.148. The number of imidazole rings is 1. The number of esters is 1. The maximum Gasteiger partial charge on any atom is 0.326 e. The van der Waals surface area contributed by atoms with Crippen LogP contribution in [0.4, 0.5) is 0 Å². The number of rotatable bonds is 6. The molecule has 0 spiro atoms. The van der Waals surface area contributed by atoms with E-state index in [1.54, 1.807) is 42.7 Å². The first-order valence-corrected chi connectivity index (χ1v) is 9.44. The topological polar surface area (TPSA) is 73.2 Å². The number of carbonyl (C=O) groups excluding carboxylic acids is 2. The number of aromatic nitrogens is 2. The van der Waals surface area contributed by atoms with Crippen LogP contribution in [-0.4, -0.2) is 27.5 Å². The van der Waals surface area contributed by atoms with Gasteiger partial charge in [-0.2, -0.15) is 0 Å². The van der Waals surface area contributed by atoms with Crippen LogP contribution < -0.4 is 5.32 Å². The van der Waals surface area contributed by atoms with Crippen LogP contribution in [0.2, 0.25) is 5.02 Å². The molecule has 0 aliphatic rings. The fraction of sp³-hybridized carbons (Fsp3) is 0.286. The molecular formula is C21H22ClN3O3. The monoisotopic (exact) mass is 399 g/mol. The summed E-state index contributed by atoms with van der Waals surface area (Å²) in [7, 11) is 0. The van der Waals surface area contributed by atoms with E-state index in [-0.39, 0.29) is 24.5 Å². The lowest BCUT2D eigenvalue weighted by atomic mass is 10.2. The Balaban J connectivity index is 1.89. The number of fused-ring (bicyclic) bond motifs is 1. The third-order valence-corrected chi connectivity index (χ3v) is 4.40. The minimum Gasteiger partial charge on any atom is -0.462 e. The minimum absolute atomic E-state index is 0.0192. The Morgan fingerprint density at radius 2 is 1.89 bits per heavy atom. The molecular weight excluding hydrogens is 378 g/mol. The van der Waals surface area contributed by atoms with Gasteiger partial charge in [0.2, 0.25) is 0 Å². The normalized spacial score (nSPS) is 12.2. The Morgan fingerprint density at radius 3 is 2.61 bits per heavy atom. The average molecular weight is 400 g/mol. The highest BCUT2D eigenvalue weighted by atomic mass is 35.5. The number of benzene rings is 2. The van der Waals surface area contributed by atoms with E-state index in [9.17, 15) is 9.59 Å². The van der Waals surface area contributed by atoms with Crippen molar-refractivity contribution in [1.82, 2.24) is 14.9 Å². The second-order valence-corrected chi connectivity index (χ2v) is 7.23. The molecule has 0 aliphatic heterocycles. The molecule has 6 nitrogen and oxygen atoms in total. The van der Waals surface area contributed by atoms with Gasteiger partial charge in [-0.05, 0) is 51.1 Å². The number of para-hydroxylation sites is 2.